The Morgan fingerprint density at radius 2 is 1.46 bits per heavy atom. The Morgan fingerprint density at radius 3 is 2.05 bits per heavy atom. The average Bonchev–Trinajstić information content (AvgIpc) is 2.85. The molecule has 7 nitrogen and oxygen atoms in total. The van der Waals surface area contributed by atoms with Gasteiger partial charge in [0.25, 0.3) is 10.0 Å². The Hall–Kier alpha value is -3.42. The van der Waals surface area contributed by atoms with E-state index in [0.29, 0.717) is 11.1 Å². The first-order valence-electron chi connectivity index (χ1n) is 11.5. The lowest BCUT2D eigenvalue weighted by Gasteiger charge is -2.21. The number of benzene rings is 3. The highest BCUT2D eigenvalue weighted by Crippen LogP contribution is 2.21. The Labute approximate surface area is 219 Å². The molecule has 0 aliphatic rings. The molecule has 0 atom stereocenters. The molecule has 0 heterocycles. The predicted molar refractivity (Wildman–Crippen MR) is 146 cm³/mol. The van der Waals surface area contributed by atoms with Gasteiger partial charge in [0.1, 0.15) is 0 Å². The second-order valence-electron chi connectivity index (χ2n) is 8.58. The fourth-order valence-electron chi connectivity index (χ4n) is 3.40. The van der Waals surface area contributed by atoms with E-state index in [0.717, 1.165) is 11.1 Å². The summed E-state index contributed by atoms with van der Waals surface area (Å²) in [4.78, 5) is 0.251. The van der Waals surface area contributed by atoms with Gasteiger partial charge in [0.15, 0.2) is 0 Å². The van der Waals surface area contributed by atoms with Crippen molar-refractivity contribution >= 4 is 25.7 Å². The molecule has 0 radical (unpaired) electrons. The number of rotatable bonds is 10. The van der Waals surface area contributed by atoms with E-state index in [9.17, 15) is 21.9 Å². The zero-order valence-corrected chi connectivity index (χ0v) is 22.4. The maximum Gasteiger partial charge on any atom is 0.261 e. The number of anilines is 1. The van der Waals surface area contributed by atoms with Crippen LogP contribution in [0.5, 0.6) is 0 Å². The smallest absolute Gasteiger partial charge is 0.261 e. The third kappa shape index (κ3) is 7.54. The molecule has 0 aliphatic carbocycles. The molecule has 2 N–H and O–H groups in total. The number of nitrogens with one attached hydrogen (secondary N) is 1. The van der Waals surface area contributed by atoms with Crippen LogP contribution in [0.4, 0.5) is 5.69 Å². The zero-order chi connectivity index (χ0) is 27.1. The highest BCUT2D eigenvalue weighted by molar-refractivity contribution is 7.92. The predicted octanol–water partition coefficient (Wildman–Crippen LogP) is 4.09. The van der Waals surface area contributed by atoms with Gasteiger partial charge in [-0.25, -0.2) is 16.8 Å². The molecule has 0 amide bonds. The Bertz CT molecular complexity index is 1520. The maximum atomic E-state index is 13.3. The molecule has 3 rings (SSSR count). The summed E-state index contributed by atoms with van der Waals surface area (Å²) in [7, 11) is -7.73. The summed E-state index contributed by atoms with van der Waals surface area (Å²) in [6.07, 6.45) is 0.261. The summed E-state index contributed by atoms with van der Waals surface area (Å²) in [5, 5.41) is 9.23. The van der Waals surface area contributed by atoms with Gasteiger partial charge < -0.3 is 5.11 Å². The number of aryl methyl sites for hydroxylation is 2. The number of hydrogen-bond donors (Lipinski definition) is 2. The third-order valence-corrected chi connectivity index (χ3v) is 8.69. The molecule has 0 bridgehead atoms. The van der Waals surface area contributed by atoms with Crippen molar-refractivity contribution < 1.29 is 21.9 Å². The van der Waals surface area contributed by atoms with Crippen molar-refractivity contribution in [3.8, 4) is 11.8 Å². The first-order valence-corrected chi connectivity index (χ1v) is 14.5. The number of aliphatic hydroxyl groups excluding tert-OH is 1. The largest absolute Gasteiger partial charge is 0.396 e. The van der Waals surface area contributed by atoms with Crippen LogP contribution >= 0.6 is 0 Å². The van der Waals surface area contributed by atoms with Gasteiger partial charge in [-0.1, -0.05) is 71.5 Å². The first kappa shape index (κ1) is 28.2. The van der Waals surface area contributed by atoms with Gasteiger partial charge in [-0.3, -0.25) is 4.72 Å². The van der Waals surface area contributed by atoms with Crippen LogP contribution in [0.25, 0.3) is 0 Å². The van der Waals surface area contributed by atoms with Crippen LogP contribution in [0.15, 0.2) is 94.7 Å². The topological polar surface area (TPSA) is 104 Å². The minimum atomic E-state index is -3.89. The molecule has 0 unspecified atom stereocenters. The highest BCUT2D eigenvalue weighted by Gasteiger charge is 2.24. The lowest BCUT2D eigenvalue weighted by atomic mass is 10.2. The SMILES string of the molecule is C=C(CCO)CN(CC#Cc1ccccc1NS(=O)(=O)c1ccc(C)cc1)S(=O)(=O)c1ccc(C)cc1. The molecular formula is C28H30N2O5S2. The molecule has 37 heavy (non-hydrogen) atoms. The first-order chi connectivity index (χ1) is 17.5. The summed E-state index contributed by atoms with van der Waals surface area (Å²) >= 11 is 0. The van der Waals surface area contributed by atoms with Crippen molar-refractivity contribution in [1.82, 2.24) is 4.31 Å². The average molecular weight is 539 g/mol. The van der Waals surface area contributed by atoms with E-state index in [1.165, 1.54) is 28.6 Å². The lowest BCUT2D eigenvalue weighted by molar-refractivity contribution is 0.296. The second-order valence-corrected chi connectivity index (χ2v) is 12.2. The van der Waals surface area contributed by atoms with Crippen molar-refractivity contribution in [3.63, 3.8) is 0 Å². The Balaban J connectivity index is 1.88. The van der Waals surface area contributed by atoms with E-state index in [2.05, 4.69) is 23.1 Å². The molecule has 194 valence electrons. The molecule has 0 aliphatic heterocycles. The third-order valence-electron chi connectivity index (χ3n) is 5.51. The van der Waals surface area contributed by atoms with Gasteiger partial charge in [-0.15, -0.1) is 0 Å². The summed E-state index contributed by atoms with van der Waals surface area (Å²) < 4.78 is 56.1. The normalized spacial score (nSPS) is 11.6. The molecule has 0 aromatic heterocycles. The molecule has 0 saturated heterocycles. The van der Waals surface area contributed by atoms with Crippen molar-refractivity contribution in [1.29, 1.82) is 0 Å². The minimum Gasteiger partial charge on any atom is -0.396 e. The van der Waals surface area contributed by atoms with Gasteiger partial charge in [-0.05, 0) is 56.7 Å². The molecule has 0 saturated carbocycles. The van der Waals surface area contributed by atoms with Gasteiger partial charge in [0.05, 0.1) is 22.0 Å². The summed E-state index contributed by atoms with van der Waals surface area (Å²) in [5.41, 5.74) is 3.11. The molecule has 0 fully saturated rings. The van der Waals surface area contributed by atoms with E-state index >= 15 is 0 Å². The monoisotopic (exact) mass is 538 g/mol. The molecule has 9 heteroatoms. The van der Waals surface area contributed by atoms with Gasteiger partial charge >= 0.3 is 0 Å². The quantitative estimate of drug-likeness (QED) is 0.299. The molecule has 3 aromatic rings. The van der Waals surface area contributed by atoms with E-state index in [-0.39, 0.29) is 41.6 Å². The van der Waals surface area contributed by atoms with E-state index < -0.39 is 20.0 Å². The van der Waals surface area contributed by atoms with E-state index in [4.69, 9.17) is 0 Å². The van der Waals surface area contributed by atoms with Crippen LogP contribution in [0.3, 0.4) is 0 Å². The molecular weight excluding hydrogens is 508 g/mol. The van der Waals surface area contributed by atoms with Crippen LogP contribution in [0, 0.1) is 25.7 Å². The standard InChI is InChI=1S/C28H30N2O5S2/c1-22-10-14-26(15-11-22)36(32,33)29-28-9-5-4-7-25(28)8-6-19-30(21-24(3)18-20-31)37(34,35)27-16-12-23(2)13-17-27/h4-5,7,9-17,29,31H,3,18-21H2,1-2H3. The Morgan fingerprint density at radius 1 is 0.892 bits per heavy atom. The summed E-state index contributed by atoms with van der Waals surface area (Å²) in [5.74, 6) is 5.77. The highest BCUT2D eigenvalue weighted by atomic mass is 32.2. The van der Waals surface area contributed by atoms with Crippen molar-refractivity contribution in [2.45, 2.75) is 30.1 Å². The van der Waals surface area contributed by atoms with Gasteiger partial charge in [-0.2, -0.15) is 4.31 Å². The molecule has 0 spiro atoms. The van der Waals surface area contributed by atoms with Crippen LogP contribution in [-0.2, 0) is 20.0 Å². The van der Waals surface area contributed by atoms with E-state index in [1.807, 2.05) is 13.8 Å². The van der Waals surface area contributed by atoms with Crippen molar-refractivity contribution in [2.75, 3.05) is 24.4 Å². The number of aliphatic hydroxyl groups is 1. The van der Waals surface area contributed by atoms with Crippen LogP contribution in [-0.4, -0.2) is 45.9 Å². The fraction of sp³-hybridized carbons (Fsp3) is 0.214. The number of para-hydroxylation sites is 1. The molecule has 3 aromatic carbocycles. The fourth-order valence-corrected chi connectivity index (χ4v) is 5.84. The number of nitrogens with zero attached hydrogens (tertiary/aromatic N) is 1. The van der Waals surface area contributed by atoms with Crippen molar-refractivity contribution in [2.24, 2.45) is 0 Å². The summed E-state index contributed by atoms with van der Waals surface area (Å²) in [6.45, 7) is 7.31. The number of hydrogen-bond acceptors (Lipinski definition) is 5. The summed E-state index contributed by atoms with van der Waals surface area (Å²) in [6, 6.07) is 19.7. The number of sulfonamides is 2. The van der Waals surface area contributed by atoms with Gasteiger partial charge in [0.2, 0.25) is 10.0 Å². The van der Waals surface area contributed by atoms with Crippen LogP contribution in [0.1, 0.15) is 23.1 Å². The van der Waals surface area contributed by atoms with Gasteiger partial charge in [0, 0.05) is 18.7 Å². The Kier molecular flexibility index (Phi) is 9.29. The van der Waals surface area contributed by atoms with Crippen molar-refractivity contribution in [3.05, 3.63) is 102 Å². The maximum absolute atomic E-state index is 13.3. The van der Waals surface area contributed by atoms with Crippen LogP contribution < -0.4 is 4.72 Å². The lowest BCUT2D eigenvalue weighted by Crippen LogP contribution is -2.33. The minimum absolute atomic E-state index is 0.00680. The zero-order valence-electron chi connectivity index (χ0n) is 20.8. The van der Waals surface area contributed by atoms with E-state index in [1.54, 1.807) is 48.5 Å². The second kappa shape index (κ2) is 12.2. The van der Waals surface area contributed by atoms with Crippen LogP contribution in [0.2, 0.25) is 0 Å².